The van der Waals surface area contributed by atoms with Crippen molar-refractivity contribution in [3.8, 4) is 0 Å². The van der Waals surface area contributed by atoms with Crippen LogP contribution in [0.25, 0.3) is 5.57 Å². The molecule has 0 unspecified atom stereocenters. The Balaban J connectivity index is 2.50. The van der Waals surface area contributed by atoms with Crippen molar-refractivity contribution in [2.24, 2.45) is 0 Å². The van der Waals surface area contributed by atoms with Crippen molar-refractivity contribution < 1.29 is 9.53 Å². The Kier molecular flexibility index (Phi) is 4.94. The van der Waals surface area contributed by atoms with Gasteiger partial charge >= 0.3 is 5.97 Å². The van der Waals surface area contributed by atoms with Gasteiger partial charge in [0.2, 0.25) is 0 Å². The molecule has 21 heavy (non-hydrogen) atoms. The Morgan fingerprint density at radius 1 is 1.05 bits per heavy atom. The van der Waals surface area contributed by atoms with Gasteiger partial charge in [0.05, 0.1) is 12.2 Å². The summed E-state index contributed by atoms with van der Waals surface area (Å²) in [5.74, 6) is -0.341. The summed E-state index contributed by atoms with van der Waals surface area (Å²) in [6.45, 7) is 6.19. The Labute approximate surface area is 126 Å². The smallest absolute Gasteiger partial charge is 0.339 e. The zero-order chi connectivity index (χ0) is 15.2. The number of benzene rings is 2. The summed E-state index contributed by atoms with van der Waals surface area (Å²) in [4.78, 5) is 12.2. The van der Waals surface area contributed by atoms with Gasteiger partial charge in [-0.25, -0.2) is 4.79 Å². The van der Waals surface area contributed by atoms with Crippen LogP contribution in [0.15, 0.2) is 48.5 Å². The monoisotopic (exact) mass is 279 g/mol. The van der Waals surface area contributed by atoms with Crippen LogP contribution in [0.5, 0.6) is 0 Å². The quantitative estimate of drug-likeness (QED) is 0.478. The summed E-state index contributed by atoms with van der Waals surface area (Å²) in [6.07, 6.45) is 3.18. The first-order chi connectivity index (χ1) is 10.1. The molecule has 1 radical (unpaired) electrons. The highest BCUT2D eigenvalue weighted by Gasteiger charge is 2.14. The molecule has 0 saturated heterocycles. The summed E-state index contributed by atoms with van der Waals surface area (Å²) in [6, 6.07) is 15.7. The molecule has 0 bridgehead atoms. The highest BCUT2D eigenvalue weighted by atomic mass is 16.5. The van der Waals surface area contributed by atoms with Crippen molar-refractivity contribution >= 4 is 11.5 Å². The zero-order valence-electron chi connectivity index (χ0n) is 12.6. The molecule has 0 aliphatic carbocycles. The second-order valence-corrected chi connectivity index (χ2v) is 4.96. The van der Waals surface area contributed by atoms with Crippen LogP contribution in [0, 0.1) is 19.9 Å². The fraction of sp³-hybridized carbons (Fsp3) is 0.211. The maximum absolute atomic E-state index is 12.2. The van der Waals surface area contributed by atoms with Crippen LogP contribution in [0.2, 0.25) is 0 Å². The van der Waals surface area contributed by atoms with Crippen molar-refractivity contribution in [2.45, 2.75) is 20.8 Å². The topological polar surface area (TPSA) is 26.3 Å². The van der Waals surface area contributed by atoms with Crippen LogP contribution in [0.1, 0.15) is 29.2 Å². The molecule has 2 aromatic carbocycles. The lowest BCUT2D eigenvalue weighted by Gasteiger charge is -2.09. The summed E-state index contributed by atoms with van der Waals surface area (Å²) >= 11 is 0. The molecule has 0 saturated carbocycles. The molecule has 0 spiro atoms. The number of rotatable bonds is 4. The molecule has 0 fully saturated rings. The Morgan fingerprint density at radius 2 is 1.67 bits per heavy atom. The zero-order valence-corrected chi connectivity index (χ0v) is 12.6. The summed E-state index contributed by atoms with van der Waals surface area (Å²) in [5.41, 5.74) is 4.40. The minimum absolute atomic E-state index is 0.341. The first kappa shape index (κ1) is 15.0. The van der Waals surface area contributed by atoms with Gasteiger partial charge in [-0.05, 0) is 31.9 Å². The SMILES string of the molecule is CCOC(=O)C(=[C]c1ccccc1)c1cc(C)cc(C)c1. The molecule has 0 heterocycles. The molecule has 2 aromatic rings. The maximum Gasteiger partial charge on any atom is 0.339 e. The second kappa shape index (κ2) is 6.89. The van der Waals surface area contributed by atoms with E-state index in [0.717, 1.165) is 22.3 Å². The summed E-state index contributed by atoms with van der Waals surface area (Å²) < 4.78 is 5.17. The van der Waals surface area contributed by atoms with Gasteiger partial charge in [0.1, 0.15) is 0 Å². The molecule has 2 nitrogen and oxygen atoms in total. The van der Waals surface area contributed by atoms with Crippen molar-refractivity contribution in [1.29, 1.82) is 0 Å². The highest BCUT2D eigenvalue weighted by molar-refractivity contribution is 6.16. The lowest BCUT2D eigenvalue weighted by Crippen LogP contribution is -2.08. The van der Waals surface area contributed by atoms with Gasteiger partial charge in [-0.15, -0.1) is 0 Å². The van der Waals surface area contributed by atoms with Crippen molar-refractivity contribution in [3.05, 3.63) is 76.9 Å². The van der Waals surface area contributed by atoms with E-state index < -0.39 is 0 Å². The standard InChI is InChI=1S/C19H19O2/c1-4-21-19(20)18(13-16-8-6-5-7-9-16)17-11-14(2)10-15(3)12-17/h5-12H,4H2,1-3H3. The van der Waals surface area contributed by atoms with Gasteiger partial charge in [0, 0.05) is 6.08 Å². The van der Waals surface area contributed by atoms with Crippen LogP contribution in [0.3, 0.4) is 0 Å². The Bertz CT molecular complexity index is 634. The minimum Gasteiger partial charge on any atom is -0.462 e. The van der Waals surface area contributed by atoms with Gasteiger partial charge in [-0.2, -0.15) is 0 Å². The van der Waals surface area contributed by atoms with E-state index >= 15 is 0 Å². The molecule has 107 valence electrons. The predicted molar refractivity (Wildman–Crippen MR) is 84.7 cm³/mol. The average molecular weight is 279 g/mol. The van der Waals surface area contributed by atoms with Crippen molar-refractivity contribution in [1.82, 2.24) is 0 Å². The van der Waals surface area contributed by atoms with E-state index in [1.807, 2.05) is 56.3 Å². The van der Waals surface area contributed by atoms with E-state index in [2.05, 4.69) is 12.1 Å². The maximum atomic E-state index is 12.2. The highest BCUT2D eigenvalue weighted by Crippen LogP contribution is 2.21. The van der Waals surface area contributed by atoms with Crippen LogP contribution in [-0.2, 0) is 9.53 Å². The van der Waals surface area contributed by atoms with Crippen LogP contribution in [0.4, 0.5) is 0 Å². The molecule has 0 amide bonds. The third kappa shape index (κ3) is 4.06. The van der Waals surface area contributed by atoms with Crippen molar-refractivity contribution in [2.75, 3.05) is 6.61 Å². The van der Waals surface area contributed by atoms with Gasteiger partial charge in [0.25, 0.3) is 0 Å². The normalized spacial score (nSPS) is 11.3. The van der Waals surface area contributed by atoms with Gasteiger partial charge in [0.15, 0.2) is 0 Å². The first-order valence-electron chi connectivity index (χ1n) is 7.05. The Hall–Kier alpha value is -2.35. The third-order valence-electron chi connectivity index (χ3n) is 3.03. The van der Waals surface area contributed by atoms with Gasteiger partial charge < -0.3 is 4.74 Å². The number of carbonyl (C=O) groups excluding carboxylic acids is 1. The van der Waals surface area contributed by atoms with E-state index in [-0.39, 0.29) is 5.97 Å². The lowest BCUT2D eigenvalue weighted by atomic mass is 9.99. The van der Waals surface area contributed by atoms with E-state index in [1.54, 1.807) is 6.92 Å². The second-order valence-electron chi connectivity index (χ2n) is 4.96. The fourth-order valence-electron chi connectivity index (χ4n) is 2.23. The molecule has 2 rings (SSSR count). The third-order valence-corrected chi connectivity index (χ3v) is 3.03. The molecular formula is C19H19O2. The van der Waals surface area contributed by atoms with E-state index in [1.165, 1.54) is 0 Å². The molecular weight excluding hydrogens is 260 g/mol. The average Bonchev–Trinajstić information content (AvgIpc) is 2.45. The minimum atomic E-state index is -0.341. The number of esters is 1. The van der Waals surface area contributed by atoms with Crippen LogP contribution >= 0.6 is 0 Å². The molecule has 0 N–H and O–H groups in total. The Morgan fingerprint density at radius 3 is 2.24 bits per heavy atom. The van der Waals surface area contributed by atoms with Crippen LogP contribution < -0.4 is 0 Å². The largest absolute Gasteiger partial charge is 0.462 e. The van der Waals surface area contributed by atoms with Crippen molar-refractivity contribution in [3.63, 3.8) is 0 Å². The molecule has 0 aliphatic heterocycles. The molecule has 0 atom stereocenters. The van der Waals surface area contributed by atoms with E-state index in [4.69, 9.17) is 4.74 Å². The van der Waals surface area contributed by atoms with Gasteiger partial charge in [-0.1, -0.05) is 59.7 Å². The summed E-state index contributed by atoms with van der Waals surface area (Å²) in [7, 11) is 0. The molecule has 2 heteroatoms. The lowest BCUT2D eigenvalue weighted by molar-refractivity contribution is -0.136. The number of carbonyl (C=O) groups is 1. The van der Waals surface area contributed by atoms with E-state index in [0.29, 0.717) is 12.2 Å². The van der Waals surface area contributed by atoms with E-state index in [9.17, 15) is 4.79 Å². The molecule has 0 aromatic heterocycles. The number of ether oxygens (including phenoxy) is 1. The predicted octanol–water partition coefficient (Wildman–Crippen LogP) is 4.10. The van der Waals surface area contributed by atoms with Crippen LogP contribution in [-0.4, -0.2) is 12.6 Å². The number of hydrogen-bond acceptors (Lipinski definition) is 2. The number of hydrogen-bond donors (Lipinski definition) is 0. The first-order valence-corrected chi connectivity index (χ1v) is 7.05. The van der Waals surface area contributed by atoms with Gasteiger partial charge in [-0.3, -0.25) is 0 Å². The fourth-order valence-corrected chi connectivity index (χ4v) is 2.23. The molecule has 0 aliphatic rings. The summed E-state index contributed by atoms with van der Waals surface area (Å²) in [5, 5.41) is 0. The number of aryl methyl sites for hydroxylation is 2.